The summed E-state index contributed by atoms with van der Waals surface area (Å²) in [5.41, 5.74) is 0.114. The van der Waals surface area contributed by atoms with Gasteiger partial charge in [0.05, 0.1) is 0 Å². The van der Waals surface area contributed by atoms with Gasteiger partial charge in [-0.15, -0.1) is 12.6 Å². The van der Waals surface area contributed by atoms with Crippen LogP contribution in [0.3, 0.4) is 0 Å². The number of rotatable bonds is 9. The van der Waals surface area contributed by atoms with Crippen molar-refractivity contribution in [2.75, 3.05) is 19.7 Å². The SMILES string of the molecule is CCNC(S)NCCCCCCO. The second-order valence-corrected chi connectivity index (χ2v) is 3.57. The van der Waals surface area contributed by atoms with Crippen LogP contribution in [0.15, 0.2) is 0 Å². The van der Waals surface area contributed by atoms with E-state index < -0.39 is 0 Å². The molecule has 0 heterocycles. The first-order chi connectivity index (χ1) is 6.31. The molecule has 0 aromatic carbocycles. The van der Waals surface area contributed by atoms with E-state index in [2.05, 4.69) is 30.2 Å². The molecule has 0 aromatic heterocycles. The van der Waals surface area contributed by atoms with E-state index >= 15 is 0 Å². The number of nitrogens with one attached hydrogen (secondary N) is 2. The second kappa shape index (κ2) is 10.3. The molecular formula is C9H22N2OS. The van der Waals surface area contributed by atoms with Crippen molar-refractivity contribution in [3.63, 3.8) is 0 Å². The van der Waals surface area contributed by atoms with Crippen LogP contribution in [0.25, 0.3) is 0 Å². The summed E-state index contributed by atoms with van der Waals surface area (Å²) in [6.45, 7) is 4.31. The molecule has 1 atom stereocenters. The minimum Gasteiger partial charge on any atom is -0.396 e. The van der Waals surface area contributed by atoms with Crippen LogP contribution < -0.4 is 10.6 Å². The van der Waals surface area contributed by atoms with E-state index in [4.69, 9.17) is 5.11 Å². The van der Waals surface area contributed by atoms with Gasteiger partial charge >= 0.3 is 0 Å². The van der Waals surface area contributed by atoms with Gasteiger partial charge in [0.1, 0.15) is 5.50 Å². The fourth-order valence-electron chi connectivity index (χ4n) is 1.09. The van der Waals surface area contributed by atoms with Gasteiger partial charge in [-0.2, -0.15) is 0 Å². The van der Waals surface area contributed by atoms with Crippen LogP contribution in [0, 0.1) is 0 Å². The predicted octanol–water partition coefficient (Wildman–Crippen LogP) is 0.952. The smallest absolute Gasteiger partial charge is 0.103 e. The number of hydrogen-bond acceptors (Lipinski definition) is 4. The van der Waals surface area contributed by atoms with Crippen molar-refractivity contribution in [3.05, 3.63) is 0 Å². The van der Waals surface area contributed by atoms with Crippen molar-refractivity contribution in [1.82, 2.24) is 10.6 Å². The van der Waals surface area contributed by atoms with Gasteiger partial charge < -0.3 is 5.11 Å². The first-order valence-corrected chi connectivity index (χ1v) is 5.58. The molecule has 80 valence electrons. The lowest BCUT2D eigenvalue weighted by Gasteiger charge is -2.12. The molecule has 0 spiro atoms. The third-order valence-electron chi connectivity index (χ3n) is 1.82. The normalized spacial score (nSPS) is 13.2. The lowest BCUT2D eigenvalue weighted by Crippen LogP contribution is -2.38. The Labute approximate surface area is 86.7 Å². The van der Waals surface area contributed by atoms with E-state index in [-0.39, 0.29) is 5.50 Å². The molecule has 4 heteroatoms. The predicted molar refractivity (Wildman–Crippen MR) is 60.0 cm³/mol. The van der Waals surface area contributed by atoms with Gasteiger partial charge in [-0.25, -0.2) is 0 Å². The third-order valence-corrected chi connectivity index (χ3v) is 2.19. The second-order valence-electron chi connectivity index (χ2n) is 3.05. The van der Waals surface area contributed by atoms with Gasteiger partial charge in [0, 0.05) is 6.61 Å². The maximum absolute atomic E-state index is 8.54. The molecule has 0 aromatic rings. The summed E-state index contributed by atoms with van der Waals surface area (Å²) in [5.74, 6) is 0. The molecule has 0 radical (unpaired) electrons. The van der Waals surface area contributed by atoms with Crippen molar-refractivity contribution in [1.29, 1.82) is 0 Å². The molecule has 0 bridgehead atoms. The molecule has 0 saturated heterocycles. The summed E-state index contributed by atoms with van der Waals surface area (Å²) in [5, 5.41) is 15.0. The summed E-state index contributed by atoms with van der Waals surface area (Å²) < 4.78 is 0. The van der Waals surface area contributed by atoms with E-state index in [1.165, 1.54) is 6.42 Å². The fraction of sp³-hybridized carbons (Fsp3) is 1.00. The Bertz CT molecular complexity index is 104. The number of aliphatic hydroxyl groups excluding tert-OH is 1. The van der Waals surface area contributed by atoms with Gasteiger partial charge in [0.25, 0.3) is 0 Å². The fourth-order valence-corrected chi connectivity index (χ4v) is 1.41. The molecular weight excluding hydrogens is 184 g/mol. The van der Waals surface area contributed by atoms with Crippen LogP contribution in [0.2, 0.25) is 0 Å². The Morgan fingerprint density at radius 2 is 1.85 bits per heavy atom. The number of unbranched alkanes of at least 4 members (excludes halogenated alkanes) is 3. The van der Waals surface area contributed by atoms with Crippen LogP contribution in [0.5, 0.6) is 0 Å². The highest BCUT2D eigenvalue weighted by Gasteiger charge is 1.96. The Balaban J connectivity index is 2.97. The summed E-state index contributed by atoms with van der Waals surface area (Å²) in [4.78, 5) is 0. The van der Waals surface area contributed by atoms with Crippen molar-refractivity contribution in [2.45, 2.75) is 38.1 Å². The van der Waals surface area contributed by atoms with Crippen LogP contribution in [0.1, 0.15) is 32.6 Å². The van der Waals surface area contributed by atoms with E-state index in [0.29, 0.717) is 6.61 Å². The first-order valence-electron chi connectivity index (χ1n) is 5.07. The number of aliphatic hydroxyl groups is 1. The molecule has 0 rings (SSSR count). The van der Waals surface area contributed by atoms with Crippen molar-refractivity contribution in [2.24, 2.45) is 0 Å². The molecule has 0 fully saturated rings. The van der Waals surface area contributed by atoms with Gasteiger partial charge in [-0.1, -0.05) is 19.8 Å². The molecule has 0 saturated carbocycles. The summed E-state index contributed by atoms with van der Waals surface area (Å²) in [7, 11) is 0. The minimum atomic E-state index is 0.114. The van der Waals surface area contributed by atoms with Crippen molar-refractivity contribution >= 4 is 12.6 Å². The molecule has 13 heavy (non-hydrogen) atoms. The molecule has 0 aliphatic rings. The van der Waals surface area contributed by atoms with Crippen LogP contribution >= 0.6 is 12.6 Å². The van der Waals surface area contributed by atoms with Gasteiger partial charge in [0.2, 0.25) is 0 Å². The van der Waals surface area contributed by atoms with Gasteiger partial charge in [-0.05, 0) is 25.9 Å². The molecule has 0 amide bonds. The molecule has 0 aliphatic heterocycles. The Morgan fingerprint density at radius 1 is 1.15 bits per heavy atom. The van der Waals surface area contributed by atoms with E-state index in [0.717, 1.165) is 32.4 Å². The van der Waals surface area contributed by atoms with Crippen LogP contribution in [-0.2, 0) is 0 Å². The first kappa shape index (κ1) is 13.2. The quantitative estimate of drug-likeness (QED) is 0.258. The van der Waals surface area contributed by atoms with Crippen LogP contribution in [0.4, 0.5) is 0 Å². The van der Waals surface area contributed by atoms with Gasteiger partial charge in [-0.3, -0.25) is 10.6 Å². The Hall–Kier alpha value is 0.230. The number of thiol groups is 1. The van der Waals surface area contributed by atoms with Crippen molar-refractivity contribution in [3.8, 4) is 0 Å². The summed E-state index contributed by atoms with van der Waals surface area (Å²) in [6, 6.07) is 0. The monoisotopic (exact) mass is 206 g/mol. The van der Waals surface area contributed by atoms with E-state index in [9.17, 15) is 0 Å². The largest absolute Gasteiger partial charge is 0.396 e. The average molecular weight is 206 g/mol. The topological polar surface area (TPSA) is 44.3 Å². The zero-order valence-electron chi connectivity index (χ0n) is 8.42. The Kier molecular flexibility index (Phi) is 10.5. The number of hydrogen-bond donors (Lipinski definition) is 4. The zero-order valence-corrected chi connectivity index (χ0v) is 9.32. The zero-order chi connectivity index (χ0) is 9.94. The molecule has 3 N–H and O–H groups in total. The third kappa shape index (κ3) is 10.1. The minimum absolute atomic E-state index is 0.114. The highest BCUT2D eigenvalue weighted by Crippen LogP contribution is 1.98. The maximum Gasteiger partial charge on any atom is 0.103 e. The Morgan fingerprint density at radius 3 is 2.46 bits per heavy atom. The van der Waals surface area contributed by atoms with E-state index in [1.54, 1.807) is 0 Å². The lowest BCUT2D eigenvalue weighted by molar-refractivity contribution is 0.282. The highest BCUT2D eigenvalue weighted by molar-refractivity contribution is 7.80. The molecule has 3 nitrogen and oxygen atoms in total. The maximum atomic E-state index is 8.54. The standard InChI is InChI=1S/C9H22N2OS/c1-2-10-9(13)11-7-5-3-4-6-8-12/h9-13H,2-8H2,1H3. The van der Waals surface area contributed by atoms with Crippen molar-refractivity contribution < 1.29 is 5.11 Å². The van der Waals surface area contributed by atoms with Gasteiger partial charge in [0.15, 0.2) is 0 Å². The average Bonchev–Trinajstić information content (AvgIpc) is 2.11. The molecule has 1 unspecified atom stereocenters. The van der Waals surface area contributed by atoms with E-state index in [1.807, 2.05) is 0 Å². The highest BCUT2D eigenvalue weighted by atomic mass is 32.1. The summed E-state index contributed by atoms with van der Waals surface area (Å²) >= 11 is 4.29. The lowest BCUT2D eigenvalue weighted by atomic mass is 10.2. The summed E-state index contributed by atoms with van der Waals surface area (Å²) in [6.07, 6.45) is 4.39. The molecule has 0 aliphatic carbocycles. The van der Waals surface area contributed by atoms with Crippen LogP contribution in [-0.4, -0.2) is 30.3 Å².